The summed E-state index contributed by atoms with van der Waals surface area (Å²) in [6.45, 7) is 4.26. The lowest BCUT2D eigenvalue weighted by Crippen LogP contribution is -2.15. The SMILES string of the molecule is COc1cccc(NCC(=O)c2ccc(C)cc2C)c1. The van der Waals surface area contributed by atoms with E-state index in [1.807, 2.05) is 56.3 Å². The second-order valence-electron chi connectivity index (χ2n) is 4.83. The number of aryl methyl sites for hydroxylation is 2. The number of hydrogen-bond donors (Lipinski definition) is 1. The van der Waals surface area contributed by atoms with Crippen molar-refractivity contribution in [3.8, 4) is 5.75 Å². The van der Waals surface area contributed by atoms with Crippen LogP contribution in [-0.4, -0.2) is 19.4 Å². The number of methoxy groups -OCH3 is 1. The van der Waals surface area contributed by atoms with Gasteiger partial charge < -0.3 is 10.1 Å². The lowest BCUT2D eigenvalue weighted by atomic mass is 10.0. The molecule has 3 heteroatoms. The van der Waals surface area contributed by atoms with Gasteiger partial charge in [0.15, 0.2) is 5.78 Å². The van der Waals surface area contributed by atoms with E-state index in [9.17, 15) is 4.79 Å². The van der Waals surface area contributed by atoms with Crippen molar-refractivity contribution >= 4 is 11.5 Å². The Kier molecular flexibility index (Phi) is 4.41. The molecule has 104 valence electrons. The van der Waals surface area contributed by atoms with Gasteiger partial charge in [0.05, 0.1) is 13.7 Å². The number of rotatable bonds is 5. The van der Waals surface area contributed by atoms with Crippen LogP contribution in [0.3, 0.4) is 0 Å². The van der Waals surface area contributed by atoms with Crippen LogP contribution >= 0.6 is 0 Å². The van der Waals surface area contributed by atoms with E-state index in [0.717, 1.165) is 22.6 Å². The van der Waals surface area contributed by atoms with Gasteiger partial charge in [0, 0.05) is 17.3 Å². The number of anilines is 1. The molecule has 0 aliphatic heterocycles. The van der Waals surface area contributed by atoms with Crippen molar-refractivity contribution in [2.45, 2.75) is 13.8 Å². The quantitative estimate of drug-likeness (QED) is 0.843. The number of carbonyl (C=O) groups excluding carboxylic acids is 1. The number of benzene rings is 2. The van der Waals surface area contributed by atoms with Crippen molar-refractivity contribution in [3.63, 3.8) is 0 Å². The first-order valence-electron chi connectivity index (χ1n) is 6.58. The van der Waals surface area contributed by atoms with Crippen molar-refractivity contribution in [2.75, 3.05) is 19.0 Å². The monoisotopic (exact) mass is 269 g/mol. The lowest BCUT2D eigenvalue weighted by molar-refractivity contribution is 0.101. The largest absolute Gasteiger partial charge is 0.497 e. The number of Topliss-reactive ketones (excluding diaryl/α,β-unsaturated/α-hetero) is 1. The van der Waals surface area contributed by atoms with Crippen LogP contribution in [0, 0.1) is 13.8 Å². The first-order valence-corrected chi connectivity index (χ1v) is 6.58. The second-order valence-corrected chi connectivity index (χ2v) is 4.83. The van der Waals surface area contributed by atoms with Crippen LogP contribution in [-0.2, 0) is 0 Å². The van der Waals surface area contributed by atoms with Crippen LogP contribution in [0.5, 0.6) is 5.75 Å². The Bertz CT molecular complexity index is 620. The summed E-state index contributed by atoms with van der Waals surface area (Å²) in [5.41, 5.74) is 3.83. The highest BCUT2D eigenvalue weighted by Crippen LogP contribution is 2.17. The molecule has 0 heterocycles. The fraction of sp³-hybridized carbons (Fsp3) is 0.235. The van der Waals surface area contributed by atoms with Crippen LogP contribution in [0.4, 0.5) is 5.69 Å². The summed E-state index contributed by atoms with van der Waals surface area (Å²) < 4.78 is 5.15. The molecule has 2 aromatic rings. The van der Waals surface area contributed by atoms with Gasteiger partial charge >= 0.3 is 0 Å². The molecule has 0 fully saturated rings. The molecule has 0 saturated carbocycles. The number of ketones is 1. The zero-order valence-electron chi connectivity index (χ0n) is 12.1. The molecule has 0 saturated heterocycles. The fourth-order valence-corrected chi connectivity index (χ4v) is 2.14. The summed E-state index contributed by atoms with van der Waals surface area (Å²) in [7, 11) is 1.62. The van der Waals surface area contributed by atoms with E-state index >= 15 is 0 Å². The number of hydrogen-bond acceptors (Lipinski definition) is 3. The molecular weight excluding hydrogens is 250 g/mol. The van der Waals surface area contributed by atoms with Crippen LogP contribution in [0.1, 0.15) is 21.5 Å². The normalized spacial score (nSPS) is 10.2. The Morgan fingerprint density at radius 2 is 1.95 bits per heavy atom. The maximum absolute atomic E-state index is 12.2. The molecule has 0 aromatic heterocycles. The highest BCUT2D eigenvalue weighted by atomic mass is 16.5. The van der Waals surface area contributed by atoms with Crippen LogP contribution in [0.25, 0.3) is 0 Å². The van der Waals surface area contributed by atoms with E-state index < -0.39 is 0 Å². The van der Waals surface area contributed by atoms with Crippen LogP contribution in [0.15, 0.2) is 42.5 Å². The predicted octanol–water partition coefficient (Wildman–Crippen LogP) is 3.61. The van der Waals surface area contributed by atoms with Gasteiger partial charge in [-0.15, -0.1) is 0 Å². The van der Waals surface area contributed by atoms with Gasteiger partial charge in [-0.3, -0.25) is 4.79 Å². The molecule has 2 rings (SSSR count). The summed E-state index contributed by atoms with van der Waals surface area (Å²) in [4.78, 5) is 12.2. The smallest absolute Gasteiger partial charge is 0.182 e. The minimum absolute atomic E-state index is 0.0883. The van der Waals surface area contributed by atoms with Gasteiger partial charge in [0.25, 0.3) is 0 Å². The van der Waals surface area contributed by atoms with Crippen molar-refractivity contribution in [2.24, 2.45) is 0 Å². The van der Waals surface area contributed by atoms with Crippen LogP contribution in [0.2, 0.25) is 0 Å². The predicted molar refractivity (Wildman–Crippen MR) is 81.7 cm³/mol. The molecule has 0 atom stereocenters. The molecule has 0 aliphatic carbocycles. The second kappa shape index (κ2) is 6.24. The molecule has 0 aliphatic rings. The molecule has 3 nitrogen and oxygen atoms in total. The Hall–Kier alpha value is -2.29. The van der Waals surface area contributed by atoms with Crippen molar-refractivity contribution < 1.29 is 9.53 Å². The third-order valence-corrected chi connectivity index (χ3v) is 3.21. The molecule has 20 heavy (non-hydrogen) atoms. The zero-order chi connectivity index (χ0) is 14.5. The van der Waals surface area contributed by atoms with Crippen molar-refractivity contribution in [1.29, 1.82) is 0 Å². The first-order chi connectivity index (χ1) is 9.60. The number of ether oxygens (including phenoxy) is 1. The maximum Gasteiger partial charge on any atom is 0.182 e. The average molecular weight is 269 g/mol. The molecule has 0 radical (unpaired) electrons. The number of carbonyl (C=O) groups is 1. The van der Waals surface area contributed by atoms with E-state index in [0.29, 0.717) is 0 Å². The maximum atomic E-state index is 12.2. The van der Waals surface area contributed by atoms with Gasteiger partial charge in [-0.25, -0.2) is 0 Å². The molecule has 0 spiro atoms. The van der Waals surface area contributed by atoms with E-state index in [-0.39, 0.29) is 12.3 Å². The molecule has 0 bridgehead atoms. The highest BCUT2D eigenvalue weighted by Gasteiger charge is 2.08. The summed E-state index contributed by atoms with van der Waals surface area (Å²) in [6, 6.07) is 13.4. The van der Waals surface area contributed by atoms with Gasteiger partial charge in [-0.2, -0.15) is 0 Å². The third-order valence-electron chi connectivity index (χ3n) is 3.21. The Labute approximate surface area is 119 Å². The average Bonchev–Trinajstić information content (AvgIpc) is 2.45. The number of nitrogens with one attached hydrogen (secondary N) is 1. The summed E-state index contributed by atoms with van der Waals surface area (Å²) in [5.74, 6) is 0.860. The van der Waals surface area contributed by atoms with Crippen molar-refractivity contribution in [3.05, 3.63) is 59.2 Å². The molecule has 0 unspecified atom stereocenters. The van der Waals surface area contributed by atoms with E-state index in [4.69, 9.17) is 4.74 Å². The van der Waals surface area contributed by atoms with E-state index in [2.05, 4.69) is 5.32 Å². The van der Waals surface area contributed by atoms with Crippen molar-refractivity contribution in [1.82, 2.24) is 0 Å². The molecule has 2 aromatic carbocycles. The van der Waals surface area contributed by atoms with Gasteiger partial charge in [0.2, 0.25) is 0 Å². The van der Waals surface area contributed by atoms with Gasteiger partial charge in [-0.05, 0) is 31.5 Å². The first kappa shape index (κ1) is 14.1. The highest BCUT2D eigenvalue weighted by molar-refractivity contribution is 6.00. The van der Waals surface area contributed by atoms with E-state index in [1.54, 1.807) is 7.11 Å². The van der Waals surface area contributed by atoms with Gasteiger partial charge in [-0.1, -0.05) is 29.8 Å². The Balaban J connectivity index is 2.04. The molecule has 1 N–H and O–H groups in total. The molecule has 0 amide bonds. The Morgan fingerprint density at radius 3 is 2.65 bits per heavy atom. The standard InChI is InChI=1S/C17H19NO2/c1-12-7-8-16(13(2)9-12)17(19)11-18-14-5-4-6-15(10-14)20-3/h4-10,18H,11H2,1-3H3. The topological polar surface area (TPSA) is 38.3 Å². The van der Waals surface area contributed by atoms with Gasteiger partial charge in [0.1, 0.15) is 5.75 Å². The Morgan fingerprint density at radius 1 is 1.15 bits per heavy atom. The van der Waals surface area contributed by atoms with E-state index in [1.165, 1.54) is 5.56 Å². The molecular formula is C17H19NO2. The minimum Gasteiger partial charge on any atom is -0.497 e. The summed E-state index contributed by atoms with van der Waals surface area (Å²) in [6.07, 6.45) is 0. The minimum atomic E-state index is 0.0883. The summed E-state index contributed by atoms with van der Waals surface area (Å²) in [5, 5.41) is 3.13. The summed E-state index contributed by atoms with van der Waals surface area (Å²) >= 11 is 0. The van der Waals surface area contributed by atoms with Crippen LogP contribution < -0.4 is 10.1 Å². The fourth-order valence-electron chi connectivity index (χ4n) is 2.14. The lowest BCUT2D eigenvalue weighted by Gasteiger charge is -2.09. The zero-order valence-corrected chi connectivity index (χ0v) is 12.1. The third kappa shape index (κ3) is 3.38.